The first-order valence-electron chi connectivity index (χ1n) is 7.15. The van der Waals surface area contributed by atoms with Gasteiger partial charge in [0, 0.05) is 23.5 Å². The third kappa shape index (κ3) is 4.01. The molecule has 2 N–H and O–H groups in total. The number of nitrogens with one attached hydrogen (secondary N) is 2. The Balaban J connectivity index is 1.78. The molecule has 23 heavy (non-hydrogen) atoms. The number of hydrogen-bond donors (Lipinski definition) is 2. The minimum Gasteiger partial charge on any atom is -0.366 e. The average molecular weight is 327 g/mol. The number of rotatable bonds is 3. The molecule has 1 aliphatic rings. The maximum atomic E-state index is 8.93. The Morgan fingerprint density at radius 1 is 1.35 bits per heavy atom. The molecule has 0 bridgehead atoms. The van der Waals surface area contributed by atoms with Crippen LogP contribution in [0.1, 0.15) is 11.1 Å². The zero-order valence-corrected chi connectivity index (χ0v) is 13.1. The average Bonchev–Trinajstić information content (AvgIpc) is 2.55. The van der Waals surface area contributed by atoms with Crippen LogP contribution in [0.15, 0.2) is 42.1 Å². The molecule has 1 aliphatic heterocycles. The monoisotopic (exact) mass is 326 g/mol. The van der Waals surface area contributed by atoms with Crippen molar-refractivity contribution in [2.45, 2.75) is 0 Å². The first-order valence-corrected chi connectivity index (χ1v) is 7.53. The second-order valence-electron chi connectivity index (χ2n) is 5.10. The molecule has 0 atom stereocenters. The van der Waals surface area contributed by atoms with Gasteiger partial charge in [-0.15, -0.1) is 0 Å². The molecule has 0 radical (unpaired) electrons. The SMILES string of the molecule is N#Cc1ccnc(NC/C2=C/c3cc(Cl)ccc3NCOC2)c1. The molecular weight excluding hydrogens is 312 g/mol. The molecule has 3 rings (SSSR count). The highest BCUT2D eigenvalue weighted by Gasteiger charge is 2.08. The van der Waals surface area contributed by atoms with Crippen LogP contribution in [-0.4, -0.2) is 24.9 Å². The lowest BCUT2D eigenvalue weighted by atomic mass is 10.1. The van der Waals surface area contributed by atoms with Crippen LogP contribution in [0.2, 0.25) is 5.02 Å². The van der Waals surface area contributed by atoms with Crippen LogP contribution >= 0.6 is 11.6 Å². The van der Waals surface area contributed by atoms with E-state index in [0.717, 1.165) is 16.8 Å². The van der Waals surface area contributed by atoms with E-state index in [2.05, 4.69) is 27.8 Å². The summed E-state index contributed by atoms with van der Waals surface area (Å²) in [5, 5.41) is 16.0. The molecule has 0 spiro atoms. The van der Waals surface area contributed by atoms with Crippen molar-refractivity contribution in [2.24, 2.45) is 0 Å². The van der Waals surface area contributed by atoms with Crippen LogP contribution in [0.5, 0.6) is 0 Å². The summed E-state index contributed by atoms with van der Waals surface area (Å²) in [5.41, 5.74) is 3.65. The number of pyridine rings is 1. The Morgan fingerprint density at radius 3 is 3.13 bits per heavy atom. The smallest absolute Gasteiger partial charge is 0.127 e. The van der Waals surface area contributed by atoms with Crippen LogP contribution in [0.25, 0.3) is 6.08 Å². The van der Waals surface area contributed by atoms with Gasteiger partial charge in [-0.2, -0.15) is 5.26 Å². The van der Waals surface area contributed by atoms with Gasteiger partial charge in [0.15, 0.2) is 0 Å². The van der Waals surface area contributed by atoms with E-state index in [1.807, 2.05) is 18.2 Å². The summed E-state index contributed by atoms with van der Waals surface area (Å²) in [4.78, 5) is 4.21. The van der Waals surface area contributed by atoms with Crippen molar-refractivity contribution in [1.82, 2.24) is 4.98 Å². The van der Waals surface area contributed by atoms with E-state index in [4.69, 9.17) is 21.6 Å². The molecule has 1 aromatic heterocycles. The second kappa shape index (κ2) is 7.14. The predicted octanol–water partition coefficient (Wildman–Crippen LogP) is 3.50. The number of anilines is 2. The number of halogens is 1. The fourth-order valence-corrected chi connectivity index (χ4v) is 2.47. The number of fused-ring (bicyclic) bond motifs is 1. The van der Waals surface area contributed by atoms with Crippen molar-refractivity contribution < 1.29 is 4.74 Å². The molecule has 6 heteroatoms. The minimum absolute atomic E-state index is 0.439. The molecule has 0 aliphatic carbocycles. The van der Waals surface area contributed by atoms with Gasteiger partial charge < -0.3 is 15.4 Å². The second-order valence-corrected chi connectivity index (χ2v) is 5.54. The van der Waals surface area contributed by atoms with Crippen LogP contribution in [-0.2, 0) is 4.74 Å². The summed E-state index contributed by atoms with van der Waals surface area (Å²) in [5.74, 6) is 0.663. The van der Waals surface area contributed by atoms with Gasteiger partial charge in [0.1, 0.15) is 12.5 Å². The van der Waals surface area contributed by atoms with Gasteiger partial charge in [-0.05, 0) is 47.5 Å². The Bertz CT molecular complexity index is 782. The van der Waals surface area contributed by atoms with Crippen LogP contribution < -0.4 is 10.6 Å². The molecule has 1 aromatic carbocycles. The Labute approximate surface area is 139 Å². The molecular formula is C17H15ClN4O. The van der Waals surface area contributed by atoms with Gasteiger partial charge in [0.25, 0.3) is 0 Å². The van der Waals surface area contributed by atoms with Crippen molar-refractivity contribution in [2.75, 3.05) is 30.5 Å². The van der Waals surface area contributed by atoms with Gasteiger partial charge in [-0.25, -0.2) is 4.98 Å². The number of aromatic nitrogens is 1. The van der Waals surface area contributed by atoms with Crippen LogP contribution in [0.4, 0.5) is 11.5 Å². The summed E-state index contributed by atoms with van der Waals surface area (Å²) in [6, 6.07) is 11.2. The molecule has 116 valence electrons. The van der Waals surface area contributed by atoms with Gasteiger partial charge in [-0.3, -0.25) is 0 Å². The highest BCUT2D eigenvalue weighted by Crippen LogP contribution is 2.24. The topological polar surface area (TPSA) is 70.0 Å². The molecule has 0 saturated carbocycles. The fourth-order valence-electron chi connectivity index (χ4n) is 2.29. The minimum atomic E-state index is 0.439. The number of hydrogen-bond acceptors (Lipinski definition) is 5. The van der Waals surface area contributed by atoms with Gasteiger partial charge in [0.2, 0.25) is 0 Å². The number of nitriles is 1. The Hall–Kier alpha value is -2.55. The summed E-state index contributed by atoms with van der Waals surface area (Å²) < 4.78 is 5.58. The van der Waals surface area contributed by atoms with Gasteiger partial charge in [-0.1, -0.05) is 11.6 Å². The lowest BCUT2D eigenvalue weighted by Crippen LogP contribution is -2.16. The number of nitrogens with zero attached hydrogens (tertiary/aromatic N) is 2. The van der Waals surface area contributed by atoms with Crippen molar-refractivity contribution in [3.05, 3.63) is 58.3 Å². The normalized spacial score (nSPS) is 15.9. The summed E-state index contributed by atoms with van der Waals surface area (Å²) >= 11 is 6.08. The Morgan fingerprint density at radius 2 is 2.26 bits per heavy atom. The molecule has 0 amide bonds. The predicted molar refractivity (Wildman–Crippen MR) is 91.3 cm³/mol. The van der Waals surface area contributed by atoms with E-state index in [0.29, 0.717) is 36.3 Å². The zero-order chi connectivity index (χ0) is 16.1. The van der Waals surface area contributed by atoms with Crippen molar-refractivity contribution in [1.29, 1.82) is 5.26 Å². The van der Waals surface area contributed by atoms with E-state index in [1.54, 1.807) is 18.3 Å². The van der Waals surface area contributed by atoms with E-state index in [1.165, 1.54) is 0 Å². The summed E-state index contributed by atoms with van der Waals surface area (Å²) in [6.45, 7) is 1.52. The Kier molecular flexibility index (Phi) is 4.77. The van der Waals surface area contributed by atoms with Crippen LogP contribution in [0.3, 0.4) is 0 Å². The van der Waals surface area contributed by atoms with E-state index in [-0.39, 0.29) is 0 Å². The lowest BCUT2D eigenvalue weighted by molar-refractivity contribution is 0.175. The number of benzene rings is 1. The molecule has 0 unspecified atom stereocenters. The van der Waals surface area contributed by atoms with E-state index >= 15 is 0 Å². The maximum Gasteiger partial charge on any atom is 0.127 e. The first kappa shape index (κ1) is 15.3. The largest absolute Gasteiger partial charge is 0.366 e. The number of ether oxygens (including phenoxy) is 1. The third-order valence-electron chi connectivity index (χ3n) is 3.41. The summed E-state index contributed by atoms with van der Waals surface area (Å²) in [6.07, 6.45) is 3.66. The highest BCUT2D eigenvalue weighted by molar-refractivity contribution is 6.30. The summed E-state index contributed by atoms with van der Waals surface area (Å²) in [7, 11) is 0. The maximum absolute atomic E-state index is 8.93. The first-order chi connectivity index (χ1) is 11.2. The molecule has 0 saturated heterocycles. The third-order valence-corrected chi connectivity index (χ3v) is 3.65. The van der Waals surface area contributed by atoms with E-state index < -0.39 is 0 Å². The van der Waals surface area contributed by atoms with Crippen molar-refractivity contribution >= 4 is 29.2 Å². The van der Waals surface area contributed by atoms with Crippen LogP contribution in [0, 0.1) is 11.3 Å². The molecule has 2 heterocycles. The van der Waals surface area contributed by atoms with Crippen molar-refractivity contribution in [3.63, 3.8) is 0 Å². The molecule has 0 fully saturated rings. The van der Waals surface area contributed by atoms with Gasteiger partial charge in [0.05, 0.1) is 18.2 Å². The van der Waals surface area contributed by atoms with Gasteiger partial charge >= 0.3 is 0 Å². The lowest BCUT2D eigenvalue weighted by Gasteiger charge is -2.17. The van der Waals surface area contributed by atoms with E-state index in [9.17, 15) is 0 Å². The zero-order valence-electron chi connectivity index (χ0n) is 12.3. The molecule has 5 nitrogen and oxygen atoms in total. The fraction of sp³-hybridized carbons (Fsp3) is 0.176. The van der Waals surface area contributed by atoms with Crippen molar-refractivity contribution in [3.8, 4) is 6.07 Å². The standard InChI is InChI=1S/C17H15ClN4O/c18-15-1-2-16-14(7-15)5-13(10-23-11-22-16)9-21-17-6-12(8-19)3-4-20-17/h1-7,22H,9-11H2,(H,20,21)/b13-5-. The molecule has 2 aromatic rings. The quantitative estimate of drug-likeness (QED) is 0.903. The highest BCUT2D eigenvalue weighted by atomic mass is 35.5.